The van der Waals surface area contributed by atoms with Crippen LogP contribution in [0.15, 0.2) is 12.1 Å². The fourth-order valence-electron chi connectivity index (χ4n) is 1.37. The number of nitrogens with two attached hydrogens (primary N) is 1. The van der Waals surface area contributed by atoms with E-state index in [1.807, 2.05) is 6.92 Å². The summed E-state index contributed by atoms with van der Waals surface area (Å²) in [6.07, 6.45) is -0.0268. The summed E-state index contributed by atoms with van der Waals surface area (Å²) in [7, 11) is 0. The van der Waals surface area contributed by atoms with E-state index in [1.54, 1.807) is 12.1 Å². The van der Waals surface area contributed by atoms with Crippen LogP contribution in [0.2, 0.25) is 5.15 Å². The van der Waals surface area contributed by atoms with Gasteiger partial charge in [0.2, 0.25) is 0 Å². The molecule has 1 aromatic rings. The van der Waals surface area contributed by atoms with E-state index in [2.05, 4.69) is 4.98 Å². The van der Waals surface area contributed by atoms with Crippen LogP contribution in [0.3, 0.4) is 0 Å². The molecule has 0 fully saturated rings. The molecule has 1 atom stereocenters. The highest BCUT2D eigenvalue weighted by atomic mass is 35.5. The standard InChI is InChI=1S/C10H13ClN2O2/c1-6-2-3-8(10(11)13-6)7(5-12)4-9(14)15/h2-3,7H,4-5,12H2,1H3,(H,14,15). The Morgan fingerprint density at radius 2 is 2.33 bits per heavy atom. The number of aryl methyl sites for hydroxylation is 1. The van der Waals surface area contributed by atoms with Crippen LogP contribution >= 0.6 is 11.6 Å². The summed E-state index contributed by atoms with van der Waals surface area (Å²) in [6.45, 7) is 2.07. The second-order valence-corrected chi connectivity index (χ2v) is 3.72. The number of carboxylic acid groups (broad SMARTS) is 1. The van der Waals surface area contributed by atoms with Crippen LogP contribution < -0.4 is 5.73 Å². The van der Waals surface area contributed by atoms with Gasteiger partial charge in [-0.25, -0.2) is 4.98 Å². The normalized spacial score (nSPS) is 12.5. The highest BCUT2D eigenvalue weighted by molar-refractivity contribution is 6.30. The highest BCUT2D eigenvalue weighted by Crippen LogP contribution is 2.25. The van der Waals surface area contributed by atoms with Crippen molar-refractivity contribution in [3.8, 4) is 0 Å². The van der Waals surface area contributed by atoms with E-state index in [1.165, 1.54) is 0 Å². The molecule has 1 rings (SSSR count). The van der Waals surface area contributed by atoms with Crippen LogP contribution in [0.5, 0.6) is 0 Å². The molecule has 4 nitrogen and oxygen atoms in total. The molecule has 0 aliphatic heterocycles. The Morgan fingerprint density at radius 1 is 1.67 bits per heavy atom. The van der Waals surface area contributed by atoms with Gasteiger partial charge in [0.15, 0.2) is 0 Å². The van der Waals surface area contributed by atoms with Gasteiger partial charge in [0.25, 0.3) is 0 Å². The van der Waals surface area contributed by atoms with Crippen LogP contribution in [0.4, 0.5) is 0 Å². The molecular weight excluding hydrogens is 216 g/mol. The molecule has 0 bridgehead atoms. The number of aliphatic carboxylic acids is 1. The number of hydrogen-bond acceptors (Lipinski definition) is 3. The first-order chi connectivity index (χ1) is 7.04. The molecule has 0 aromatic carbocycles. The predicted octanol–water partition coefficient (Wildman–Crippen LogP) is 1.56. The van der Waals surface area contributed by atoms with Gasteiger partial charge in [0, 0.05) is 11.6 Å². The smallest absolute Gasteiger partial charge is 0.304 e. The second kappa shape index (κ2) is 5.09. The van der Waals surface area contributed by atoms with Crippen molar-refractivity contribution >= 4 is 17.6 Å². The van der Waals surface area contributed by atoms with E-state index in [0.29, 0.717) is 10.7 Å². The molecule has 82 valence electrons. The number of rotatable bonds is 4. The molecule has 0 saturated carbocycles. The molecule has 0 aliphatic rings. The lowest BCUT2D eigenvalue weighted by Crippen LogP contribution is -2.17. The van der Waals surface area contributed by atoms with Gasteiger partial charge in [-0.05, 0) is 25.1 Å². The molecule has 1 aromatic heterocycles. The molecule has 15 heavy (non-hydrogen) atoms. The number of hydrogen-bond donors (Lipinski definition) is 2. The first kappa shape index (κ1) is 11.9. The van der Waals surface area contributed by atoms with Crippen LogP contribution in [-0.4, -0.2) is 22.6 Å². The van der Waals surface area contributed by atoms with E-state index >= 15 is 0 Å². The number of aromatic nitrogens is 1. The molecule has 0 amide bonds. The minimum atomic E-state index is -0.887. The lowest BCUT2D eigenvalue weighted by molar-refractivity contribution is -0.137. The number of carbonyl (C=O) groups is 1. The Labute approximate surface area is 93.1 Å². The van der Waals surface area contributed by atoms with Gasteiger partial charge in [-0.15, -0.1) is 0 Å². The summed E-state index contributed by atoms with van der Waals surface area (Å²) in [5.74, 6) is -1.16. The second-order valence-electron chi connectivity index (χ2n) is 3.36. The lowest BCUT2D eigenvalue weighted by Gasteiger charge is -2.13. The average Bonchev–Trinajstić information content (AvgIpc) is 2.14. The third-order valence-corrected chi connectivity index (χ3v) is 2.46. The van der Waals surface area contributed by atoms with Crippen LogP contribution in [-0.2, 0) is 4.79 Å². The van der Waals surface area contributed by atoms with Crippen LogP contribution in [0.25, 0.3) is 0 Å². The number of carboxylic acids is 1. The van der Waals surface area contributed by atoms with Crippen molar-refractivity contribution < 1.29 is 9.90 Å². The molecule has 0 radical (unpaired) electrons. The average molecular weight is 229 g/mol. The fraction of sp³-hybridized carbons (Fsp3) is 0.400. The molecule has 1 unspecified atom stereocenters. The summed E-state index contributed by atoms with van der Waals surface area (Å²) >= 11 is 5.93. The SMILES string of the molecule is Cc1ccc(C(CN)CC(=O)O)c(Cl)n1. The van der Waals surface area contributed by atoms with E-state index < -0.39 is 5.97 Å². The van der Waals surface area contributed by atoms with Crippen LogP contribution in [0.1, 0.15) is 23.6 Å². The first-order valence-electron chi connectivity index (χ1n) is 4.59. The minimum Gasteiger partial charge on any atom is -0.481 e. The zero-order chi connectivity index (χ0) is 11.4. The van der Waals surface area contributed by atoms with Crippen molar-refractivity contribution in [3.05, 3.63) is 28.5 Å². The summed E-state index contributed by atoms with van der Waals surface area (Å²) < 4.78 is 0. The Hall–Kier alpha value is -1.13. The van der Waals surface area contributed by atoms with Gasteiger partial charge in [0.05, 0.1) is 6.42 Å². The monoisotopic (exact) mass is 228 g/mol. The highest BCUT2D eigenvalue weighted by Gasteiger charge is 2.17. The Morgan fingerprint density at radius 3 is 2.80 bits per heavy atom. The van der Waals surface area contributed by atoms with Crippen molar-refractivity contribution in [3.63, 3.8) is 0 Å². The summed E-state index contributed by atoms with van der Waals surface area (Å²) in [5, 5.41) is 9.04. The summed E-state index contributed by atoms with van der Waals surface area (Å²) in [6, 6.07) is 3.58. The Balaban J connectivity index is 2.96. The maximum Gasteiger partial charge on any atom is 0.304 e. The molecule has 1 heterocycles. The van der Waals surface area contributed by atoms with Crippen molar-refractivity contribution in [2.75, 3.05) is 6.54 Å². The zero-order valence-corrected chi connectivity index (χ0v) is 9.16. The Bertz CT molecular complexity index is 368. The predicted molar refractivity (Wildman–Crippen MR) is 58.0 cm³/mol. The van der Waals surface area contributed by atoms with Gasteiger partial charge in [-0.2, -0.15) is 0 Å². The number of nitrogens with zero attached hydrogens (tertiary/aromatic N) is 1. The quantitative estimate of drug-likeness (QED) is 0.767. The molecule has 3 N–H and O–H groups in total. The molecule has 5 heteroatoms. The molecular formula is C10H13ClN2O2. The van der Waals surface area contributed by atoms with Gasteiger partial charge in [-0.1, -0.05) is 17.7 Å². The summed E-state index contributed by atoms with van der Waals surface area (Å²) in [4.78, 5) is 14.7. The van der Waals surface area contributed by atoms with E-state index in [4.69, 9.17) is 22.4 Å². The van der Waals surface area contributed by atoms with Crippen molar-refractivity contribution in [1.29, 1.82) is 0 Å². The van der Waals surface area contributed by atoms with E-state index in [-0.39, 0.29) is 18.9 Å². The van der Waals surface area contributed by atoms with E-state index in [0.717, 1.165) is 5.69 Å². The third-order valence-electron chi connectivity index (χ3n) is 2.16. The molecule has 0 saturated heterocycles. The topological polar surface area (TPSA) is 76.2 Å². The largest absolute Gasteiger partial charge is 0.481 e. The Kier molecular flexibility index (Phi) is 4.05. The number of pyridine rings is 1. The maximum atomic E-state index is 10.6. The summed E-state index contributed by atoms with van der Waals surface area (Å²) in [5.41, 5.74) is 7.01. The van der Waals surface area contributed by atoms with Crippen molar-refractivity contribution in [2.24, 2.45) is 5.73 Å². The maximum absolute atomic E-state index is 10.6. The third kappa shape index (κ3) is 3.18. The van der Waals surface area contributed by atoms with Crippen molar-refractivity contribution in [2.45, 2.75) is 19.3 Å². The minimum absolute atomic E-state index is 0.0268. The van der Waals surface area contributed by atoms with Gasteiger partial charge in [0.1, 0.15) is 5.15 Å². The fourth-order valence-corrected chi connectivity index (χ4v) is 1.72. The van der Waals surface area contributed by atoms with Crippen molar-refractivity contribution in [1.82, 2.24) is 4.98 Å². The zero-order valence-electron chi connectivity index (χ0n) is 8.40. The first-order valence-corrected chi connectivity index (χ1v) is 4.97. The molecule has 0 aliphatic carbocycles. The number of halogens is 1. The van der Waals surface area contributed by atoms with Gasteiger partial charge in [-0.3, -0.25) is 4.79 Å². The van der Waals surface area contributed by atoms with Crippen LogP contribution in [0, 0.1) is 6.92 Å². The molecule has 0 spiro atoms. The van der Waals surface area contributed by atoms with Gasteiger partial charge < -0.3 is 10.8 Å². The lowest BCUT2D eigenvalue weighted by atomic mass is 9.97. The van der Waals surface area contributed by atoms with Gasteiger partial charge >= 0.3 is 5.97 Å². The van der Waals surface area contributed by atoms with E-state index in [9.17, 15) is 4.79 Å².